The first kappa shape index (κ1) is 28.8. The van der Waals surface area contributed by atoms with Crippen LogP contribution in [0.2, 0.25) is 0 Å². The van der Waals surface area contributed by atoms with E-state index >= 15 is 0 Å². The van der Waals surface area contributed by atoms with Crippen LogP contribution in [0.4, 0.5) is 0 Å². The third-order valence-corrected chi connectivity index (χ3v) is 3.13. The molecule has 0 bridgehead atoms. The van der Waals surface area contributed by atoms with E-state index < -0.39 is 0 Å². The summed E-state index contributed by atoms with van der Waals surface area (Å²) in [5.41, 5.74) is 1.21. The van der Waals surface area contributed by atoms with Gasteiger partial charge >= 0.3 is 17.1 Å². The van der Waals surface area contributed by atoms with Gasteiger partial charge in [0.05, 0.1) is 13.1 Å². The Kier molecular flexibility index (Phi) is 20.2. The Labute approximate surface area is 187 Å². The minimum absolute atomic E-state index is 0. The van der Waals surface area contributed by atoms with E-state index in [9.17, 15) is 10.2 Å². The normalized spacial score (nSPS) is 9.59. The van der Waals surface area contributed by atoms with Crippen LogP contribution in [0, 0.1) is 0 Å². The standard InChI is InChI=1S/C18H21N3O2.CNS.CH4O.Fe/c22-17-7-3-1-5-15(17)13-20-11-9-19-10-12-21-14-16-6-2-4-8-18(16)23;2-1-3;1-2;/h1-8,13-14,19,22-23H,9-12H2;;2H,1H3;/q;-1;;+4/p-2. The van der Waals surface area contributed by atoms with E-state index in [1.165, 1.54) is 17.3 Å². The molecule has 2 rings (SSSR count). The number of hydrogen-bond donors (Lipinski definition) is 2. The van der Waals surface area contributed by atoms with E-state index in [0.29, 0.717) is 37.3 Å². The molecule has 0 saturated heterocycles. The van der Waals surface area contributed by atoms with Gasteiger partial charge in [0.25, 0.3) is 0 Å². The SMILES string of the molecule is CO.[Fe+4].[N-]=C=S.[O-]c1ccccc1C=NCCNCCN=Cc1ccccc1[O-]. The number of hydrogen-bond acceptors (Lipinski definition) is 7. The van der Waals surface area contributed by atoms with Crippen LogP contribution in [0.3, 0.4) is 0 Å². The fourth-order valence-electron chi connectivity index (χ4n) is 1.91. The molecule has 0 aromatic heterocycles. The van der Waals surface area contributed by atoms with Gasteiger partial charge in [-0.1, -0.05) is 60.7 Å². The van der Waals surface area contributed by atoms with Gasteiger partial charge in [0.1, 0.15) is 0 Å². The predicted octanol–water partition coefficient (Wildman–Crippen LogP) is 1.23. The van der Waals surface area contributed by atoms with Crippen LogP contribution in [-0.4, -0.2) is 56.0 Å². The maximum Gasteiger partial charge on any atom is 4.00 e. The van der Waals surface area contributed by atoms with E-state index in [1.54, 1.807) is 36.7 Å². The molecule has 154 valence electrons. The molecule has 2 aromatic carbocycles. The quantitative estimate of drug-likeness (QED) is 0.268. The Morgan fingerprint density at radius 1 is 0.931 bits per heavy atom. The van der Waals surface area contributed by atoms with Crippen molar-refractivity contribution >= 4 is 29.8 Å². The summed E-state index contributed by atoms with van der Waals surface area (Å²) in [7, 11) is 1.00. The summed E-state index contributed by atoms with van der Waals surface area (Å²) in [5, 5.41) is 41.6. The van der Waals surface area contributed by atoms with Crippen LogP contribution in [-0.2, 0) is 17.1 Å². The molecule has 0 aliphatic heterocycles. The van der Waals surface area contributed by atoms with Gasteiger partial charge < -0.3 is 26.0 Å². The number of benzene rings is 2. The van der Waals surface area contributed by atoms with E-state index in [4.69, 9.17) is 10.5 Å². The average molecular weight is 455 g/mol. The first-order chi connectivity index (χ1) is 13.7. The number of aliphatic hydroxyl groups excluding tert-OH is 1. The molecule has 0 unspecified atom stereocenters. The zero-order valence-electron chi connectivity index (χ0n) is 16.0. The number of rotatable bonds is 8. The fraction of sp³-hybridized carbons (Fsp3) is 0.250. The van der Waals surface area contributed by atoms with Gasteiger partial charge in [-0.25, -0.2) is 0 Å². The van der Waals surface area contributed by atoms with Crippen LogP contribution < -0.4 is 15.5 Å². The van der Waals surface area contributed by atoms with E-state index in [-0.39, 0.29) is 28.6 Å². The van der Waals surface area contributed by atoms with Crippen molar-refractivity contribution in [2.45, 2.75) is 0 Å². The maximum atomic E-state index is 11.5. The molecule has 2 N–H and O–H groups in total. The molecular formula is C20H23FeN4O3S+. The smallest absolute Gasteiger partial charge is 0.872 e. The number of para-hydroxylation sites is 2. The molecule has 0 atom stereocenters. The van der Waals surface area contributed by atoms with Gasteiger partial charge in [-0.2, -0.15) is 5.16 Å². The van der Waals surface area contributed by atoms with E-state index in [2.05, 4.69) is 27.5 Å². The molecule has 7 nitrogen and oxygen atoms in total. The van der Waals surface area contributed by atoms with Crippen LogP contribution in [0.15, 0.2) is 58.5 Å². The molecule has 0 heterocycles. The monoisotopic (exact) mass is 455 g/mol. The Bertz CT molecular complexity index is 709. The van der Waals surface area contributed by atoms with Crippen molar-refractivity contribution in [2.24, 2.45) is 9.98 Å². The molecule has 0 fully saturated rings. The molecule has 29 heavy (non-hydrogen) atoms. The summed E-state index contributed by atoms with van der Waals surface area (Å²) >= 11 is 3.70. The molecule has 9 heteroatoms. The Morgan fingerprint density at radius 3 is 1.62 bits per heavy atom. The summed E-state index contributed by atoms with van der Waals surface area (Å²) in [6, 6.07) is 13.6. The van der Waals surface area contributed by atoms with Gasteiger partial charge in [0.2, 0.25) is 0 Å². The van der Waals surface area contributed by atoms with Gasteiger partial charge in [0, 0.05) is 32.6 Å². The topological polar surface area (TPSA) is 125 Å². The summed E-state index contributed by atoms with van der Waals surface area (Å²) in [6.07, 6.45) is 3.21. The van der Waals surface area contributed by atoms with Gasteiger partial charge in [-0.05, 0) is 11.1 Å². The Hall–Kier alpha value is -2.38. The van der Waals surface area contributed by atoms with Crippen molar-refractivity contribution in [1.82, 2.24) is 5.32 Å². The molecule has 0 aliphatic rings. The number of nitrogens with one attached hydrogen (secondary N) is 1. The number of aliphatic hydroxyl groups is 1. The van der Waals surface area contributed by atoms with E-state index in [0.717, 1.165) is 7.11 Å². The maximum absolute atomic E-state index is 11.5. The zero-order chi connectivity index (χ0) is 21.0. The third-order valence-electron chi connectivity index (χ3n) is 3.13. The third kappa shape index (κ3) is 14.3. The largest absolute Gasteiger partial charge is 4.00 e. The first-order valence-corrected chi connectivity index (χ1v) is 8.78. The van der Waals surface area contributed by atoms with Crippen molar-refractivity contribution < 1.29 is 32.4 Å². The summed E-state index contributed by atoms with van der Waals surface area (Å²) in [5.74, 6) is -0.0330. The van der Waals surface area contributed by atoms with Crippen molar-refractivity contribution in [3.63, 3.8) is 0 Å². The second kappa shape index (κ2) is 20.4. The Balaban J connectivity index is 0. The van der Waals surface area contributed by atoms with Crippen LogP contribution in [0.25, 0.3) is 5.41 Å². The number of aliphatic imine (C=N–C) groups is 2. The molecule has 0 spiro atoms. The van der Waals surface area contributed by atoms with E-state index in [1.807, 2.05) is 12.1 Å². The van der Waals surface area contributed by atoms with Gasteiger partial charge in [-0.15, -0.1) is 11.5 Å². The number of isothiocyanates is 1. The Morgan fingerprint density at radius 2 is 1.28 bits per heavy atom. The van der Waals surface area contributed by atoms with Crippen LogP contribution in [0.1, 0.15) is 11.1 Å². The second-order valence-corrected chi connectivity index (χ2v) is 5.17. The average Bonchev–Trinajstić information content (AvgIpc) is 2.71. The molecule has 0 saturated carbocycles. The van der Waals surface area contributed by atoms with Crippen LogP contribution >= 0.6 is 12.2 Å². The van der Waals surface area contributed by atoms with Crippen molar-refractivity contribution in [1.29, 1.82) is 0 Å². The first-order valence-electron chi connectivity index (χ1n) is 8.37. The molecule has 0 amide bonds. The molecule has 0 radical (unpaired) electrons. The van der Waals surface area contributed by atoms with Gasteiger partial charge in [0.15, 0.2) is 0 Å². The minimum atomic E-state index is -0.0165. The summed E-state index contributed by atoms with van der Waals surface area (Å²) in [6.45, 7) is 2.62. The zero-order valence-corrected chi connectivity index (χ0v) is 17.9. The molecule has 0 aliphatic carbocycles. The number of thiocarbonyl (C=S) groups is 1. The summed E-state index contributed by atoms with van der Waals surface area (Å²) in [4.78, 5) is 8.42. The fourth-order valence-corrected chi connectivity index (χ4v) is 1.91. The van der Waals surface area contributed by atoms with Crippen molar-refractivity contribution in [3.8, 4) is 11.5 Å². The minimum Gasteiger partial charge on any atom is -0.872 e. The second-order valence-electron chi connectivity index (χ2n) is 4.99. The number of nitrogens with zero attached hydrogens (tertiary/aromatic N) is 3. The van der Waals surface area contributed by atoms with Crippen molar-refractivity contribution in [3.05, 3.63) is 65.1 Å². The summed E-state index contributed by atoms with van der Waals surface area (Å²) < 4.78 is 0. The molecule has 2 aromatic rings. The van der Waals surface area contributed by atoms with Crippen molar-refractivity contribution in [2.75, 3.05) is 33.3 Å². The molecular weight excluding hydrogens is 432 g/mol. The van der Waals surface area contributed by atoms with Crippen LogP contribution in [0.5, 0.6) is 11.5 Å². The predicted molar refractivity (Wildman–Crippen MR) is 114 cm³/mol. The van der Waals surface area contributed by atoms with Gasteiger partial charge in [-0.3, -0.25) is 9.98 Å².